The van der Waals surface area contributed by atoms with Gasteiger partial charge < -0.3 is 11.1 Å². The van der Waals surface area contributed by atoms with Gasteiger partial charge in [-0.15, -0.1) is 0 Å². The minimum atomic E-state index is -1.11. The first kappa shape index (κ1) is 13.9. The zero-order valence-electron chi connectivity index (χ0n) is 9.27. The van der Waals surface area contributed by atoms with Crippen LogP contribution in [0.2, 0.25) is 5.02 Å². The number of amides is 1. The van der Waals surface area contributed by atoms with Gasteiger partial charge in [0.1, 0.15) is 0 Å². The van der Waals surface area contributed by atoms with Gasteiger partial charge in [-0.1, -0.05) is 18.5 Å². The number of carbonyl (C=O) groups excluding carboxylic acids is 1. The Labute approximate surface area is 103 Å². The van der Waals surface area contributed by atoms with Crippen LogP contribution in [0.4, 0.5) is 8.78 Å². The van der Waals surface area contributed by atoms with Crippen molar-refractivity contribution in [3.63, 3.8) is 0 Å². The van der Waals surface area contributed by atoms with Gasteiger partial charge in [0.25, 0.3) is 5.91 Å². The van der Waals surface area contributed by atoms with Gasteiger partial charge in [-0.05, 0) is 24.6 Å². The van der Waals surface area contributed by atoms with Crippen molar-refractivity contribution < 1.29 is 13.6 Å². The maximum Gasteiger partial charge on any atom is 0.252 e. The summed E-state index contributed by atoms with van der Waals surface area (Å²) in [5.74, 6) is -2.63. The molecule has 1 atom stereocenters. The van der Waals surface area contributed by atoms with Crippen molar-refractivity contribution in [2.45, 2.75) is 6.92 Å². The molecule has 1 rings (SSSR count). The van der Waals surface area contributed by atoms with Gasteiger partial charge in [0.2, 0.25) is 0 Å². The first-order chi connectivity index (χ1) is 7.95. The highest BCUT2D eigenvalue weighted by Gasteiger charge is 2.15. The molecule has 0 saturated heterocycles. The Kier molecular flexibility index (Phi) is 4.84. The molecule has 3 N–H and O–H groups in total. The fraction of sp³-hybridized carbons (Fsp3) is 0.364. The number of halogens is 3. The first-order valence-electron chi connectivity index (χ1n) is 5.08. The standard InChI is InChI=1S/C11H13ClF2N2O/c1-6(4-15)5-16-11(17)7-2-9(13)10(14)3-8(7)12/h2-3,6H,4-5,15H2,1H3,(H,16,17). The van der Waals surface area contributed by atoms with Gasteiger partial charge in [-0.2, -0.15) is 0 Å². The molecule has 1 aromatic rings. The normalized spacial score (nSPS) is 12.3. The number of nitrogens with one attached hydrogen (secondary N) is 1. The van der Waals surface area contributed by atoms with Crippen LogP contribution in [0.15, 0.2) is 12.1 Å². The SMILES string of the molecule is CC(CN)CNC(=O)c1cc(F)c(F)cc1Cl. The molecule has 0 aliphatic rings. The Morgan fingerprint density at radius 1 is 1.47 bits per heavy atom. The van der Waals surface area contributed by atoms with E-state index >= 15 is 0 Å². The molecular formula is C11H13ClF2N2O. The van der Waals surface area contributed by atoms with Gasteiger partial charge in [0.05, 0.1) is 10.6 Å². The van der Waals surface area contributed by atoms with Crippen LogP contribution in [0, 0.1) is 17.6 Å². The second kappa shape index (κ2) is 5.93. The van der Waals surface area contributed by atoms with Crippen LogP contribution in [-0.4, -0.2) is 19.0 Å². The van der Waals surface area contributed by atoms with Crippen LogP contribution < -0.4 is 11.1 Å². The summed E-state index contributed by atoms with van der Waals surface area (Å²) < 4.78 is 25.7. The van der Waals surface area contributed by atoms with Gasteiger partial charge >= 0.3 is 0 Å². The van der Waals surface area contributed by atoms with Gasteiger partial charge in [0.15, 0.2) is 11.6 Å². The smallest absolute Gasteiger partial charge is 0.252 e. The largest absolute Gasteiger partial charge is 0.352 e. The van der Waals surface area contributed by atoms with Crippen LogP contribution in [0.1, 0.15) is 17.3 Å². The van der Waals surface area contributed by atoms with Crippen molar-refractivity contribution in [1.29, 1.82) is 0 Å². The molecule has 0 spiro atoms. The van der Waals surface area contributed by atoms with Gasteiger partial charge in [-0.25, -0.2) is 8.78 Å². The topological polar surface area (TPSA) is 55.1 Å². The zero-order chi connectivity index (χ0) is 13.0. The van der Waals surface area contributed by atoms with Crippen molar-refractivity contribution in [3.05, 3.63) is 34.4 Å². The number of hydrogen-bond acceptors (Lipinski definition) is 2. The van der Waals surface area contributed by atoms with Crippen molar-refractivity contribution >= 4 is 17.5 Å². The highest BCUT2D eigenvalue weighted by Crippen LogP contribution is 2.19. The average Bonchev–Trinajstić information content (AvgIpc) is 2.30. The molecule has 1 aromatic carbocycles. The molecule has 0 aliphatic carbocycles. The molecule has 17 heavy (non-hydrogen) atoms. The third-order valence-electron chi connectivity index (χ3n) is 2.27. The number of rotatable bonds is 4. The molecule has 1 unspecified atom stereocenters. The highest BCUT2D eigenvalue weighted by atomic mass is 35.5. The summed E-state index contributed by atoms with van der Waals surface area (Å²) in [6.45, 7) is 2.63. The lowest BCUT2D eigenvalue weighted by molar-refractivity contribution is 0.0948. The van der Waals surface area contributed by atoms with Crippen LogP contribution in [0.25, 0.3) is 0 Å². The number of nitrogens with two attached hydrogens (primary N) is 1. The second-order valence-corrected chi connectivity index (χ2v) is 4.20. The lowest BCUT2D eigenvalue weighted by Crippen LogP contribution is -2.31. The van der Waals surface area contributed by atoms with Crippen molar-refractivity contribution in [2.24, 2.45) is 11.7 Å². The van der Waals surface area contributed by atoms with Gasteiger partial charge in [0, 0.05) is 6.54 Å². The number of carbonyl (C=O) groups is 1. The van der Waals surface area contributed by atoms with E-state index < -0.39 is 17.5 Å². The van der Waals surface area contributed by atoms with E-state index in [0.29, 0.717) is 13.1 Å². The van der Waals surface area contributed by atoms with E-state index in [1.165, 1.54) is 0 Å². The lowest BCUT2D eigenvalue weighted by atomic mass is 10.1. The molecule has 0 aliphatic heterocycles. The maximum absolute atomic E-state index is 13.0. The predicted molar refractivity (Wildman–Crippen MR) is 61.9 cm³/mol. The molecule has 6 heteroatoms. The second-order valence-electron chi connectivity index (χ2n) is 3.80. The first-order valence-corrected chi connectivity index (χ1v) is 5.46. The average molecular weight is 263 g/mol. The van der Waals surface area contributed by atoms with Crippen LogP contribution in [-0.2, 0) is 0 Å². The molecule has 0 aromatic heterocycles. The van der Waals surface area contributed by atoms with E-state index in [0.717, 1.165) is 12.1 Å². The third-order valence-corrected chi connectivity index (χ3v) is 2.58. The summed E-state index contributed by atoms with van der Waals surface area (Å²) in [4.78, 5) is 11.6. The summed E-state index contributed by atoms with van der Waals surface area (Å²) in [5.41, 5.74) is 5.30. The van der Waals surface area contributed by atoms with Crippen LogP contribution >= 0.6 is 11.6 Å². The Morgan fingerprint density at radius 3 is 2.65 bits per heavy atom. The molecule has 0 saturated carbocycles. The van der Waals surface area contributed by atoms with Crippen molar-refractivity contribution in [3.8, 4) is 0 Å². The Hall–Kier alpha value is -1.20. The maximum atomic E-state index is 13.0. The molecule has 3 nitrogen and oxygen atoms in total. The number of hydrogen-bond donors (Lipinski definition) is 2. The van der Waals surface area contributed by atoms with E-state index in [2.05, 4.69) is 5.32 Å². The van der Waals surface area contributed by atoms with Gasteiger partial charge in [-0.3, -0.25) is 4.79 Å². The van der Waals surface area contributed by atoms with E-state index in [4.69, 9.17) is 17.3 Å². The molecule has 0 fully saturated rings. The highest BCUT2D eigenvalue weighted by molar-refractivity contribution is 6.33. The lowest BCUT2D eigenvalue weighted by Gasteiger charge is -2.11. The third kappa shape index (κ3) is 3.64. The molecule has 0 bridgehead atoms. The fourth-order valence-corrected chi connectivity index (χ4v) is 1.38. The molecule has 1 amide bonds. The molecular weight excluding hydrogens is 250 g/mol. The Balaban J connectivity index is 2.79. The fourth-order valence-electron chi connectivity index (χ4n) is 1.14. The Morgan fingerprint density at radius 2 is 2.06 bits per heavy atom. The van der Waals surface area contributed by atoms with Crippen LogP contribution in [0.5, 0.6) is 0 Å². The molecule has 0 heterocycles. The predicted octanol–water partition coefficient (Wildman–Crippen LogP) is 1.94. The van der Waals surface area contributed by atoms with E-state index in [9.17, 15) is 13.6 Å². The minimum absolute atomic E-state index is 0.0882. The summed E-state index contributed by atoms with van der Waals surface area (Å²) in [5, 5.41) is 2.42. The van der Waals surface area contributed by atoms with Crippen molar-refractivity contribution in [1.82, 2.24) is 5.32 Å². The molecule has 94 valence electrons. The summed E-state index contributed by atoms with van der Waals surface area (Å²) >= 11 is 5.65. The summed E-state index contributed by atoms with van der Waals surface area (Å²) in [6, 6.07) is 1.55. The van der Waals surface area contributed by atoms with Crippen molar-refractivity contribution in [2.75, 3.05) is 13.1 Å². The summed E-state index contributed by atoms with van der Waals surface area (Å²) in [7, 11) is 0. The van der Waals surface area contributed by atoms with E-state index in [1.54, 1.807) is 0 Å². The Bertz CT molecular complexity index is 426. The quantitative estimate of drug-likeness (QED) is 0.815. The minimum Gasteiger partial charge on any atom is -0.352 e. The zero-order valence-corrected chi connectivity index (χ0v) is 10.0. The summed E-state index contributed by atoms with van der Waals surface area (Å²) in [6.07, 6.45) is 0. The van der Waals surface area contributed by atoms with E-state index in [1.807, 2.05) is 6.92 Å². The number of benzene rings is 1. The van der Waals surface area contributed by atoms with Crippen LogP contribution in [0.3, 0.4) is 0 Å². The monoisotopic (exact) mass is 262 g/mol. The van der Waals surface area contributed by atoms with E-state index in [-0.39, 0.29) is 16.5 Å². The molecule has 0 radical (unpaired) electrons.